The van der Waals surface area contributed by atoms with Crippen LogP contribution in [-0.2, 0) is 19.1 Å². The van der Waals surface area contributed by atoms with Crippen LogP contribution in [0.1, 0.15) is 219 Å². The van der Waals surface area contributed by atoms with Gasteiger partial charge in [0, 0.05) is 0 Å². The molecule has 0 aromatic heterocycles. The molecule has 0 amide bonds. The van der Waals surface area contributed by atoms with Gasteiger partial charge in [0.25, 0.3) is 0 Å². The molecular formula is C40H78O8. The van der Waals surface area contributed by atoms with Gasteiger partial charge >= 0.3 is 23.5 Å². The fourth-order valence-corrected chi connectivity index (χ4v) is 6.35. The first kappa shape index (κ1) is 46.8. The molecule has 0 aromatic rings. The number of hydrogen-bond acceptors (Lipinski definition) is 6. The van der Waals surface area contributed by atoms with Crippen molar-refractivity contribution in [2.24, 2.45) is 0 Å². The second kappa shape index (κ2) is 33.0. The zero-order valence-corrected chi connectivity index (χ0v) is 31.5. The van der Waals surface area contributed by atoms with Crippen LogP contribution in [0.4, 0.5) is 0 Å². The lowest BCUT2D eigenvalue weighted by Crippen LogP contribution is -2.66. The van der Waals surface area contributed by atoms with E-state index in [1.165, 1.54) is 141 Å². The summed E-state index contributed by atoms with van der Waals surface area (Å²) in [5.41, 5.74) is 0. The summed E-state index contributed by atoms with van der Waals surface area (Å²) in [6.45, 7) is 4.11. The van der Waals surface area contributed by atoms with Crippen LogP contribution in [0, 0.1) is 0 Å². The number of carbonyl (C=O) groups is 2. The highest BCUT2D eigenvalue weighted by Gasteiger charge is 2.64. The molecule has 0 aliphatic carbocycles. The number of aliphatic carboxylic acids is 2. The predicted molar refractivity (Wildman–Crippen MR) is 196 cm³/mol. The van der Waals surface area contributed by atoms with Crippen LogP contribution in [0.2, 0.25) is 0 Å². The summed E-state index contributed by atoms with van der Waals surface area (Å²) >= 11 is 0. The van der Waals surface area contributed by atoms with Crippen molar-refractivity contribution in [3.63, 3.8) is 0 Å². The zero-order chi connectivity index (χ0) is 35.6. The quantitative estimate of drug-likeness (QED) is 0.0371. The van der Waals surface area contributed by atoms with E-state index in [0.717, 1.165) is 51.4 Å². The highest BCUT2D eigenvalue weighted by molar-refractivity contribution is 5.88. The van der Waals surface area contributed by atoms with Gasteiger partial charge in [-0.2, -0.15) is 0 Å². The van der Waals surface area contributed by atoms with Gasteiger partial charge in [0.1, 0.15) is 0 Å². The minimum atomic E-state index is -3.40. The Morgan fingerprint density at radius 1 is 0.354 bits per heavy atom. The highest BCUT2D eigenvalue weighted by Crippen LogP contribution is 2.28. The molecule has 0 unspecified atom stereocenters. The lowest BCUT2D eigenvalue weighted by atomic mass is 10.0. The molecule has 0 radical (unpaired) electrons. The molecule has 4 N–H and O–H groups in total. The van der Waals surface area contributed by atoms with E-state index < -0.39 is 23.5 Å². The molecule has 0 fully saturated rings. The molecule has 48 heavy (non-hydrogen) atoms. The number of carboxylic acid groups (broad SMARTS) is 2. The Kier molecular flexibility index (Phi) is 32.1. The average molecular weight is 687 g/mol. The van der Waals surface area contributed by atoms with E-state index in [-0.39, 0.29) is 13.2 Å². The van der Waals surface area contributed by atoms with Crippen LogP contribution >= 0.6 is 0 Å². The minimum absolute atomic E-state index is 0.195. The molecular weight excluding hydrogens is 608 g/mol. The van der Waals surface area contributed by atoms with Gasteiger partial charge in [-0.3, -0.25) is 0 Å². The largest absolute Gasteiger partial charge is 0.477 e. The molecule has 286 valence electrons. The van der Waals surface area contributed by atoms with Gasteiger partial charge in [0.15, 0.2) is 0 Å². The number of rotatable bonds is 39. The van der Waals surface area contributed by atoms with Gasteiger partial charge in [-0.15, -0.1) is 0 Å². The molecule has 2 atom stereocenters. The van der Waals surface area contributed by atoms with E-state index in [1.54, 1.807) is 0 Å². The fraction of sp³-hybridized carbons (Fsp3) is 0.950. The second-order valence-electron chi connectivity index (χ2n) is 14.2. The Morgan fingerprint density at radius 3 is 0.688 bits per heavy atom. The summed E-state index contributed by atoms with van der Waals surface area (Å²) < 4.78 is 10.2. The van der Waals surface area contributed by atoms with Crippen LogP contribution in [0.3, 0.4) is 0 Å². The summed E-state index contributed by atoms with van der Waals surface area (Å²) in [6.07, 6.45) is 37.9. The van der Waals surface area contributed by atoms with Crippen molar-refractivity contribution in [1.82, 2.24) is 0 Å². The van der Waals surface area contributed by atoms with E-state index in [0.29, 0.717) is 12.8 Å². The summed E-state index contributed by atoms with van der Waals surface area (Å²) in [7, 11) is 0. The van der Waals surface area contributed by atoms with Crippen LogP contribution in [0.5, 0.6) is 0 Å². The Bertz CT molecular complexity index is 672. The molecule has 8 nitrogen and oxygen atoms in total. The van der Waals surface area contributed by atoms with Crippen molar-refractivity contribution in [2.45, 2.75) is 231 Å². The van der Waals surface area contributed by atoms with Crippen LogP contribution in [-0.4, -0.2) is 57.2 Å². The monoisotopic (exact) mass is 687 g/mol. The maximum Gasteiger partial charge on any atom is 0.371 e. The normalized spacial score (nSPS) is 14.2. The molecule has 0 aliphatic rings. The van der Waals surface area contributed by atoms with Gasteiger partial charge in [-0.1, -0.05) is 206 Å². The van der Waals surface area contributed by atoms with Crippen molar-refractivity contribution in [1.29, 1.82) is 0 Å². The zero-order valence-electron chi connectivity index (χ0n) is 31.5. The van der Waals surface area contributed by atoms with Crippen molar-refractivity contribution >= 4 is 11.9 Å². The molecule has 0 spiro atoms. The summed E-state index contributed by atoms with van der Waals surface area (Å²) in [5.74, 6) is -10.8. The molecule has 0 aliphatic heterocycles. The smallest absolute Gasteiger partial charge is 0.371 e. The van der Waals surface area contributed by atoms with E-state index >= 15 is 0 Å². The first-order chi connectivity index (χ1) is 23.3. The molecule has 0 bridgehead atoms. The summed E-state index contributed by atoms with van der Waals surface area (Å²) in [6, 6.07) is 0. The van der Waals surface area contributed by atoms with Crippen molar-refractivity contribution in [3.05, 3.63) is 0 Å². The van der Waals surface area contributed by atoms with Crippen LogP contribution in [0.25, 0.3) is 0 Å². The fourth-order valence-electron chi connectivity index (χ4n) is 6.35. The van der Waals surface area contributed by atoms with Gasteiger partial charge < -0.3 is 29.9 Å². The third kappa shape index (κ3) is 24.0. The SMILES string of the molecule is CCCCCCCCCCCCCCCCCCO[C@](O)(C(=O)O)[C@](O)(OCCCCCCCCCCCCCCCCCC)C(=O)O. The molecule has 0 aromatic carbocycles. The molecule has 8 heteroatoms. The minimum Gasteiger partial charge on any atom is -0.477 e. The van der Waals surface area contributed by atoms with Crippen LogP contribution in [0.15, 0.2) is 0 Å². The maximum atomic E-state index is 11.9. The topological polar surface area (TPSA) is 134 Å². The Labute approximate surface area is 295 Å². The lowest BCUT2D eigenvalue weighted by Gasteiger charge is -2.35. The van der Waals surface area contributed by atoms with Gasteiger partial charge in [-0.05, 0) is 12.8 Å². The highest BCUT2D eigenvalue weighted by atomic mass is 16.7. The number of carboxylic acids is 2. The molecule has 0 rings (SSSR count). The molecule has 0 saturated carbocycles. The Morgan fingerprint density at radius 2 is 0.521 bits per heavy atom. The summed E-state index contributed by atoms with van der Waals surface area (Å²) in [5, 5.41) is 40.6. The number of unbranched alkanes of at least 4 members (excludes halogenated alkanes) is 30. The maximum absolute atomic E-state index is 11.9. The van der Waals surface area contributed by atoms with E-state index in [2.05, 4.69) is 13.8 Å². The van der Waals surface area contributed by atoms with Crippen molar-refractivity contribution < 1.29 is 39.5 Å². The number of hydrogen-bond donors (Lipinski definition) is 4. The third-order valence-corrected chi connectivity index (χ3v) is 9.66. The van der Waals surface area contributed by atoms with E-state index in [9.17, 15) is 30.0 Å². The average Bonchev–Trinajstić information content (AvgIpc) is 3.07. The standard InChI is InChI=1S/C40H78O8/c1-3-5-7-9-11-13-15-17-19-21-23-25-27-29-31-33-35-47-39(45,37(41)42)40(46,38(43)44)48-36-34-32-30-28-26-24-22-20-18-16-14-12-10-8-6-4-2/h45-46H,3-36H2,1-2H3,(H,41,42)(H,43,44)/t39-,40-/m1/s1. The first-order valence-corrected chi connectivity index (χ1v) is 20.5. The Balaban J connectivity index is 4.00. The van der Waals surface area contributed by atoms with Crippen molar-refractivity contribution in [2.75, 3.05) is 13.2 Å². The van der Waals surface area contributed by atoms with Gasteiger partial charge in [-0.25, -0.2) is 9.59 Å². The van der Waals surface area contributed by atoms with Gasteiger partial charge in [0.2, 0.25) is 0 Å². The number of aliphatic hydroxyl groups is 2. The van der Waals surface area contributed by atoms with Crippen molar-refractivity contribution in [3.8, 4) is 0 Å². The second-order valence-corrected chi connectivity index (χ2v) is 14.2. The number of ether oxygens (including phenoxy) is 2. The lowest BCUT2D eigenvalue weighted by molar-refractivity contribution is -0.360. The van der Waals surface area contributed by atoms with E-state index in [1.807, 2.05) is 0 Å². The predicted octanol–water partition coefficient (Wildman–Crippen LogP) is 11.1. The Hall–Kier alpha value is -1.22. The van der Waals surface area contributed by atoms with Gasteiger partial charge in [0.05, 0.1) is 13.2 Å². The van der Waals surface area contributed by atoms with Crippen LogP contribution < -0.4 is 0 Å². The first-order valence-electron chi connectivity index (χ1n) is 20.5. The molecule has 0 saturated heterocycles. The van der Waals surface area contributed by atoms with E-state index in [4.69, 9.17) is 9.47 Å². The molecule has 0 heterocycles. The third-order valence-electron chi connectivity index (χ3n) is 9.66. The summed E-state index contributed by atoms with van der Waals surface area (Å²) in [4.78, 5) is 23.8.